The highest BCUT2D eigenvalue weighted by atomic mass is 19.1. The Bertz CT molecular complexity index is 415. The summed E-state index contributed by atoms with van der Waals surface area (Å²) in [7, 11) is 1.48. The summed E-state index contributed by atoms with van der Waals surface area (Å²) in [5.41, 5.74) is 0.237. The summed E-state index contributed by atoms with van der Waals surface area (Å²) < 4.78 is 24.3. The van der Waals surface area contributed by atoms with Crippen molar-refractivity contribution in [3.05, 3.63) is 29.6 Å². The molecule has 1 N–H and O–H groups in total. The molecule has 0 aliphatic carbocycles. The summed E-state index contributed by atoms with van der Waals surface area (Å²) in [5, 5.41) is 10.3. The molecule has 1 aromatic carbocycles. The van der Waals surface area contributed by atoms with Crippen LogP contribution in [0.15, 0.2) is 18.2 Å². The van der Waals surface area contributed by atoms with Crippen LogP contribution in [0.1, 0.15) is 31.9 Å². The van der Waals surface area contributed by atoms with Crippen molar-refractivity contribution in [2.24, 2.45) is 0 Å². The molecule has 1 rings (SSSR count). The molecular weight excluding hydrogens is 273 g/mol. The molecule has 0 saturated heterocycles. The number of aliphatic hydroxyl groups is 1. The summed E-state index contributed by atoms with van der Waals surface area (Å²) in [6.07, 6.45) is -0.417. The number of halogens is 1. The molecule has 1 atom stereocenters. The summed E-state index contributed by atoms with van der Waals surface area (Å²) in [6, 6.07) is 4.58. The predicted molar refractivity (Wildman–Crippen MR) is 81.1 cm³/mol. The molecule has 0 fully saturated rings. The van der Waals surface area contributed by atoms with Gasteiger partial charge in [-0.15, -0.1) is 0 Å². The zero-order valence-electron chi connectivity index (χ0n) is 13.1. The van der Waals surface area contributed by atoms with Gasteiger partial charge in [-0.1, -0.05) is 13.0 Å². The lowest BCUT2D eigenvalue weighted by Gasteiger charge is -2.22. The highest BCUT2D eigenvalue weighted by molar-refractivity contribution is 5.36. The Morgan fingerprint density at radius 3 is 2.67 bits per heavy atom. The summed E-state index contributed by atoms with van der Waals surface area (Å²) in [6.45, 7) is 7.75. The third-order valence-corrected chi connectivity index (χ3v) is 3.49. The molecule has 0 aliphatic rings. The Morgan fingerprint density at radius 1 is 1.29 bits per heavy atom. The second kappa shape index (κ2) is 9.71. The molecule has 0 spiro atoms. The number of methoxy groups -OCH3 is 1. The fourth-order valence-corrected chi connectivity index (χ4v) is 2.23. The Labute approximate surface area is 126 Å². The normalized spacial score (nSPS) is 12.7. The van der Waals surface area contributed by atoms with E-state index in [0.29, 0.717) is 31.9 Å². The van der Waals surface area contributed by atoms with Crippen LogP contribution in [0, 0.1) is 5.82 Å². The average Bonchev–Trinajstić information content (AvgIpc) is 2.50. The summed E-state index contributed by atoms with van der Waals surface area (Å²) in [5.74, 6) is -0.0425. The Morgan fingerprint density at radius 2 is 2.05 bits per heavy atom. The second-order valence-electron chi connectivity index (χ2n) is 4.79. The van der Waals surface area contributed by atoms with Gasteiger partial charge < -0.3 is 19.5 Å². The number of nitrogens with zero attached hydrogens (tertiary/aromatic N) is 1. The van der Waals surface area contributed by atoms with Gasteiger partial charge >= 0.3 is 0 Å². The van der Waals surface area contributed by atoms with E-state index in [4.69, 9.17) is 9.47 Å². The minimum Gasteiger partial charge on any atom is -0.496 e. The van der Waals surface area contributed by atoms with Gasteiger partial charge in [-0.05, 0) is 32.0 Å². The van der Waals surface area contributed by atoms with Gasteiger partial charge in [0.15, 0.2) is 0 Å². The highest BCUT2D eigenvalue weighted by Gasteiger charge is 2.18. The van der Waals surface area contributed by atoms with Crippen molar-refractivity contribution < 1.29 is 19.0 Å². The standard InChI is InChI=1S/C16H26FNO3/c1-4-18(11-12-21-5-2)10-9-14(19)16-13(17)7-6-8-15(16)20-3/h6-8,14,19H,4-5,9-12H2,1-3H3. The highest BCUT2D eigenvalue weighted by Crippen LogP contribution is 2.29. The Balaban J connectivity index is 2.58. The topological polar surface area (TPSA) is 41.9 Å². The van der Waals surface area contributed by atoms with Crippen LogP contribution in [0.2, 0.25) is 0 Å². The van der Waals surface area contributed by atoms with Crippen molar-refractivity contribution in [3.63, 3.8) is 0 Å². The van der Waals surface area contributed by atoms with Crippen molar-refractivity contribution in [2.45, 2.75) is 26.4 Å². The number of hydrogen-bond acceptors (Lipinski definition) is 4. The van der Waals surface area contributed by atoms with Gasteiger partial charge in [-0.3, -0.25) is 0 Å². The zero-order chi connectivity index (χ0) is 15.7. The number of hydrogen-bond donors (Lipinski definition) is 1. The van der Waals surface area contributed by atoms with Gasteiger partial charge in [-0.25, -0.2) is 4.39 Å². The van der Waals surface area contributed by atoms with E-state index in [0.717, 1.165) is 13.1 Å². The lowest BCUT2D eigenvalue weighted by atomic mass is 10.0. The molecule has 0 bridgehead atoms. The van der Waals surface area contributed by atoms with Gasteiger partial charge in [0.25, 0.3) is 0 Å². The molecular formula is C16H26FNO3. The quantitative estimate of drug-likeness (QED) is 0.674. The van der Waals surface area contributed by atoms with Gasteiger partial charge in [0, 0.05) is 19.7 Å². The second-order valence-corrected chi connectivity index (χ2v) is 4.79. The molecule has 5 heteroatoms. The molecule has 0 amide bonds. The van der Waals surface area contributed by atoms with E-state index < -0.39 is 11.9 Å². The van der Waals surface area contributed by atoms with Crippen LogP contribution in [-0.4, -0.2) is 50.0 Å². The first-order valence-corrected chi connectivity index (χ1v) is 7.44. The van der Waals surface area contributed by atoms with Gasteiger partial charge in [0.2, 0.25) is 0 Å². The third kappa shape index (κ3) is 5.61. The van der Waals surface area contributed by atoms with Crippen LogP contribution in [0.25, 0.3) is 0 Å². The molecule has 0 radical (unpaired) electrons. The SMILES string of the molecule is CCOCCN(CC)CCC(O)c1c(F)cccc1OC. The third-order valence-electron chi connectivity index (χ3n) is 3.49. The lowest BCUT2D eigenvalue weighted by molar-refractivity contribution is 0.0989. The van der Waals surface area contributed by atoms with Crippen LogP contribution in [0.5, 0.6) is 5.75 Å². The van der Waals surface area contributed by atoms with Crippen molar-refractivity contribution in [1.82, 2.24) is 4.90 Å². The first-order chi connectivity index (χ1) is 10.1. The molecule has 4 nitrogen and oxygen atoms in total. The van der Waals surface area contributed by atoms with E-state index in [-0.39, 0.29) is 5.56 Å². The first kappa shape index (κ1) is 17.9. The molecule has 1 unspecified atom stereocenters. The first-order valence-electron chi connectivity index (χ1n) is 7.44. The summed E-state index contributed by atoms with van der Waals surface area (Å²) >= 11 is 0. The van der Waals surface area contributed by atoms with E-state index in [2.05, 4.69) is 11.8 Å². The van der Waals surface area contributed by atoms with Crippen LogP contribution in [0.4, 0.5) is 4.39 Å². The van der Waals surface area contributed by atoms with E-state index >= 15 is 0 Å². The van der Waals surface area contributed by atoms with Gasteiger partial charge in [0.05, 0.1) is 25.4 Å². The van der Waals surface area contributed by atoms with Crippen molar-refractivity contribution in [1.29, 1.82) is 0 Å². The van der Waals surface area contributed by atoms with Crippen LogP contribution >= 0.6 is 0 Å². The number of aliphatic hydroxyl groups excluding tert-OH is 1. The van der Waals surface area contributed by atoms with Gasteiger partial charge in [0.1, 0.15) is 11.6 Å². The maximum atomic E-state index is 13.9. The van der Waals surface area contributed by atoms with E-state index in [9.17, 15) is 9.50 Å². The fourth-order valence-electron chi connectivity index (χ4n) is 2.23. The number of likely N-dealkylation sites (N-methyl/N-ethyl adjacent to an activating group) is 1. The van der Waals surface area contributed by atoms with Crippen molar-refractivity contribution in [3.8, 4) is 5.75 Å². The fraction of sp³-hybridized carbons (Fsp3) is 0.625. The summed E-state index contributed by atoms with van der Waals surface area (Å²) in [4.78, 5) is 2.17. The molecule has 0 heterocycles. The monoisotopic (exact) mass is 299 g/mol. The van der Waals surface area contributed by atoms with Crippen molar-refractivity contribution in [2.75, 3.05) is 40.0 Å². The number of ether oxygens (including phenoxy) is 2. The van der Waals surface area contributed by atoms with Crippen molar-refractivity contribution >= 4 is 0 Å². The molecule has 120 valence electrons. The Hall–Kier alpha value is -1.17. The molecule has 1 aromatic rings. The smallest absolute Gasteiger partial charge is 0.132 e. The minimum absolute atomic E-state index is 0.237. The number of benzene rings is 1. The number of rotatable bonds is 10. The Kier molecular flexibility index (Phi) is 8.27. The van der Waals surface area contributed by atoms with Gasteiger partial charge in [-0.2, -0.15) is 0 Å². The zero-order valence-corrected chi connectivity index (χ0v) is 13.1. The van der Waals surface area contributed by atoms with Crippen LogP contribution in [0.3, 0.4) is 0 Å². The van der Waals surface area contributed by atoms with E-state index in [1.165, 1.54) is 13.2 Å². The largest absolute Gasteiger partial charge is 0.496 e. The molecule has 0 aromatic heterocycles. The minimum atomic E-state index is -0.873. The lowest BCUT2D eigenvalue weighted by Crippen LogP contribution is -2.29. The molecule has 0 saturated carbocycles. The van der Waals surface area contributed by atoms with Crippen LogP contribution < -0.4 is 4.74 Å². The van der Waals surface area contributed by atoms with E-state index in [1.807, 2.05) is 6.92 Å². The molecule has 0 aliphatic heterocycles. The van der Waals surface area contributed by atoms with Crippen LogP contribution in [-0.2, 0) is 4.74 Å². The van der Waals surface area contributed by atoms with E-state index in [1.54, 1.807) is 12.1 Å². The maximum Gasteiger partial charge on any atom is 0.132 e. The predicted octanol–water partition coefficient (Wildman–Crippen LogP) is 2.62. The maximum absolute atomic E-state index is 13.9. The molecule has 21 heavy (non-hydrogen) atoms. The average molecular weight is 299 g/mol.